The van der Waals surface area contributed by atoms with Gasteiger partial charge in [-0.05, 0) is 37.0 Å². The molecule has 152 valence electrons. The summed E-state index contributed by atoms with van der Waals surface area (Å²) in [6, 6.07) is 22.8. The number of hydrogen-bond donors (Lipinski definition) is 1. The molecule has 3 heterocycles. The summed E-state index contributed by atoms with van der Waals surface area (Å²) < 4.78 is 0. The van der Waals surface area contributed by atoms with Crippen LogP contribution in [0.15, 0.2) is 60.7 Å². The Morgan fingerprint density at radius 2 is 1.65 bits per heavy atom. The molecule has 0 spiro atoms. The van der Waals surface area contributed by atoms with Crippen LogP contribution in [0.1, 0.15) is 24.0 Å². The van der Waals surface area contributed by atoms with Gasteiger partial charge in [0, 0.05) is 18.7 Å². The Balaban J connectivity index is 1.86. The van der Waals surface area contributed by atoms with Crippen LogP contribution >= 0.6 is 0 Å². The van der Waals surface area contributed by atoms with Crippen molar-refractivity contribution in [2.45, 2.75) is 19.8 Å². The van der Waals surface area contributed by atoms with Crippen LogP contribution in [0.4, 0.5) is 11.6 Å². The van der Waals surface area contributed by atoms with E-state index in [2.05, 4.69) is 48.2 Å². The van der Waals surface area contributed by atoms with Gasteiger partial charge in [-0.3, -0.25) is 0 Å². The summed E-state index contributed by atoms with van der Waals surface area (Å²) in [6.45, 7) is 3.83. The lowest BCUT2D eigenvalue weighted by Gasteiger charge is -2.21. The van der Waals surface area contributed by atoms with Crippen molar-refractivity contribution in [3.05, 3.63) is 71.8 Å². The molecule has 2 aromatic carbocycles. The smallest absolute Gasteiger partial charge is 0.151 e. The molecule has 0 amide bonds. The van der Waals surface area contributed by atoms with Gasteiger partial charge >= 0.3 is 0 Å². The third-order valence-electron chi connectivity index (χ3n) is 5.91. The van der Waals surface area contributed by atoms with E-state index in [0.717, 1.165) is 53.7 Å². The Morgan fingerprint density at radius 1 is 0.935 bits per heavy atom. The average molecular weight is 406 g/mol. The first-order valence-corrected chi connectivity index (χ1v) is 10.6. The quantitative estimate of drug-likeness (QED) is 0.499. The first kappa shape index (κ1) is 19.1. The number of benzene rings is 2. The fourth-order valence-corrected chi connectivity index (χ4v) is 4.30. The highest BCUT2D eigenvalue weighted by molar-refractivity contribution is 6.06. The number of anilines is 2. The van der Waals surface area contributed by atoms with Crippen molar-refractivity contribution in [3.63, 3.8) is 0 Å². The minimum Gasteiger partial charge on any atom is -0.383 e. The highest BCUT2D eigenvalue weighted by atomic mass is 15.2. The Bertz CT molecular complexity index is 1300. The van der Waals surface area contributed by atoms with Crippen molar-refractivity contribution < 1.29 is 0 Å². The van der Waals surface area contributed by atoms with E-state index in [1.165, 1.54) is 5.56 Å². The van der Waals surface area contributed by atoms with Crippen LogP contribution in [0.3, 0.4) is 0 Å². The van der Waals surface area contributed by atoms with E-state index in [0.29, 0.717) is 22.7 Å². The molecule has 0 radical (unpaired) electrons. The van der Waals surface area contributed by atoms with Crippen molar-refractivity contribution in [3.8, 4) is 28.5 Å². The number of fused-ring (bicyclic) bond motifs is 1. The topological polar surface area (TPSA) is 78.8 Å². The van der Waals surface area contributed by atoms with Crippen LogP contribution in [-0.4, -0.2) is 23.1 Å². The number of hydrogen-bond acceptors (Lipinski definition) is 5. The summed E-state index contributed by atoms with van der Waals surface area (Å²) >= 11 is 0. The van der Waals surface area contributed by atoms with Crippen molar-refractivity contribution in [1.82, 2.24) is 9.97 Å². The van der Waals surface area contributed by atoms with Gasteiger partial charge in [-0.1, -0.05) is 60.2 Å². The molecule has 1 aliphatic heterocycles. The summed E-state index contributed by atoms with van der Waals surface area (Å²) in [5.74, 6) is 1.07. The fourth-order valence-electron chi connectivity index (χ4n) is 4.30. The summed E-state index contributed by atoms with van der Waals surface area (Å²) in [5.41, 5.74) is 12.6. The van der Waals surface area contributed by atoms with Gasteiger partial charge in [-0.2, -0.15) is 5.26 Å². The Labute approximate surface area is 181 Å². The van der Waals surface area contributed by atoms with Crippen molar-refractivity contribution in [2.24, 2.45) is 0 Å². The third kappa shape index (κ3) is 3.36. The van der Waals surface area contributed by atoms with Gasteiger partial charge in [0.1, 0.15) is 17.5 Å². The number of nitrogen functional groups attached to an aromatic ring is 1. The zero-order chi connectivity index (χ0) is 21.4. The molecule has 31 heavy (non-hydrogen) atoms. The SMILES string of the molecule is Cc1ccc(-c2cc(-c3ccccc3)nc3c(C#N)c(N4CCCC4)nc(N)c23)cc1. The monoisotopic (exact) mass is 405 g/mol. The summed E-state index contributed by atoms with van der Waals surface area (Å²) in [6.07, 6.45) is 2.19. The maximum absolute atomic E-state index is 10.1. The number of pyridine rings is 2. The van der Waals surface area contributed by atoms with Gasteiger partial charge in [0.2, 0.25) is 0 Å². The largest absolute Gasteiger partial charge is 0.383 e. The molecule has 1 saturated heterocycles. The van der Waals surface area contributed by atoms with Crippen LogP contribution < -0.4 is 10.6 Å². The van der Waals surface area contributed by atoms with E-state index < -0.39 is 0 Å². The summed E-state index contributed by atoms with van der Waals surface area (Å²) in [4.78, 5) is 11.8. The number of aromatic nitrogens is 2. The maximum atomic E-state index is 10.1. The molecule has 0 aliphatic carbocycles. The van der Waals surface area contributed by atoms with Crippen molar-refractivity contribution in [2.75, 3.05) is 23.7 Å². The molecule has 0 unspecified atom stereocenters. The molecule has 5 rings (SSSR count). The number of nitrogens with two attached hydrogens (primary N) is 1. The first-order valence-electron chi connectivity index (χ1n) is 10.6. The van der Waals surface area contributed by atoms with E-state index in [4.69, 9.17) is 15.7 Å². The zero-order valence-electron chi connectivity index (χ0n) is 17.5. The molecule has 0 bridgehead atoms. The molecule has 1 aliphatic rings. The minimum absolute atomic E-state index is 0.415. The molecule has 5 heteroatoms. The molecule has 2 aromatic heterocycles. The zero-order valence-corrected chi connectivity index (χ0v) is 17.5. The van der Waals surface area contributed by atoms with Crippen LogP contribution in [0.5, 0.6) is 0 Å². The summed E-state index contributed by atoms with van der Waals surface area (Å²) in [5, 5.41) is 10.9. The van der Waals surface area contributed by atoms with Gasteiger partial charge < -0.3 is 10.6 Å². The predicted octanol–water partition coefficient (Wildman–Crippen LogP) is 5.33. The second kappa shape index (κ2) is 7.73. The lowest BCUT2D eigenvalue weighted by Crippen LogP contribution is -2.21. The second-order valence-corrected chi connectivity index (χ2v) is 8.01. The van der Waals surface area contributed by atoms with Crippen molar-refractivity contribution in [1.29, 1.82) is 5.26 Å². The molecular formula is C26H23N5. The third-order valence-corrected chi connectivity index (χ3v) is 5.91. The number of nitriles is 1. The van der Waals surface area contributed by atoms with E-state index >= 15 is 0 Å². The van der Waals surface area contributed by atoms with E-state index in [1.54, 1.807) is 0 Å². The van der Waals surface area contributed by atoms with Crippen LogP contribution in [0, 0.1) is 18.3 Å². The van der Waals surface area contributed by atoms with Crippen LogP contribution in [-0.2, 0) is 0 Å². The fraction of sp³-hybridized carbons (Fsp3) is 0.192. The molecule has 4 aromatic rings. The second-order valence-electron chi connectivity index (χ2n) is 8.01. The summed E-state index contributed by atoms with van der Waals surface area (Å²) in [7, 11) is 0. The maximum Gasteiger partial charge on any atom is 0.151 e. The van der Waals surface area contributed by atoms with E-state index in [9.17, 15) is 5.26 Å². The van der Waals surface area contributed by atoms with E-state index in [-0.39, 0.29) is 0 Å². The average Bonchev–Trinajstić information content (AvgIpc) is 3.34. The van der Waals surface area contributed by atoms with Crippen LogP contribution in [0.25, 0.3) is 33.3 Å². The standard InChI is InChI=1S/C26H23N5/c1-17-9-11-18(12-10-17)20-15-22(19-7-3-2-4-8-19)29-24-21(16-27)26(30-25(28)23(20)24)31-13-5-6-14-31/h2-4,7-12,15H,5-6,13-14H2,1H3,(H2,28,30). The predicted molar refractivity (Wildman–Crippen MR) is 126 cm³/mol. The van der Waals surface area contributed by atoms with Gasteiger partial charge in [-0.15, -0.1) is 0 Å². The molecule has 5 nitrogen and oxygen atoms in total. The molecule has 2 N–H and O–H groups in total. The van der Waals surface area contributed by atoms with Crippen LogP contribution in [0.2, 0.25) is 0 Å². The highest BCUT2D eigenvalue weighted by Gasteiger charge is 2.24. The number of aryl methyl sites for hydroxylation is 1. The molecule has 1 fully saturated rings. The van der Waals surface area contributed by atoms with E-state index in [1.807, 2.05) is 30.3 Å². The van der Waals surface area contributed by atoms with Crippen molar-refractivity contribution >= 4 is 22.5 Å². The lowest BCUT2D eigenvalue weighted by molar-refractivity contribution is 0.938. The first-order chi connectivity index (χ1) is 15.2. The minimum atomic E-state index is 0.415. The molecule has 0 atom stereocenters. The van der Waals surface area contributed by atoms with Gasteiger partial charge in [0.25, 0.3) is 0 Å². The molecule has 0 saturated carbocycles. The Hall–Kier alpha value is -3.91. The Kier molecular flexibility index (Phi) is 4.76. The van der Waals surface area contributed by atoms with Gasteiger partial charge in [0.15, 0.2) is 5.82 Å². The van der Waals surface area contributed by atoms with Gasteiger partial charge in [0.05, 0.1) is 16.6 Å². The lowest BCUT2D eigenvalue weighted by atomic mass is 9.96. The van der Waals surface area contributed by atoms with Gasteiger partial charge in [-0.25, -0.2) is 9.97 Å². The normalized spacial score (nSPS) is 13.5. The number of nitrogens with zero attached hydrogens (tertiary/aromatic N) is 4. The molecular weight excluding hydrogens is 382 g/mol. The number of rotatable bonds is 3. The highest BCUT2D eigenvalue weighted by Crippen LogP contribution is 2.39. The Morgan fingerprint density at radius 3 is 2.32 bits per heavy atom.